The summed E-state index contributed by atoms with van der Waals surface area (Å²) in [6.07, 6.45) is 1.72. The predicted molar refractivity (Wildman–Crippen MR) is 53.3 cm³/mol. The molecule has 0 fully saturated rings. The summed E-state index contributed by atoms with van der Waals surface area (Å²) in [4.78, 5) is 10.3. The van der Waals surface area contributed by atoms with Crippen molar-refractivity contribution in [2.45, 2.75) is 6.04 Å². The molecular weight excluding hydrogens is 234 g/mol. The Kier molecular flexibility index (Phi) is 3.45. The van der Waals surface area contributed by atoms with E-state index in [9.17, 15) is 4.79 Å². The van der Waals surface area contributed by atoms with E-state index in [0.29, 0.717) is 11.3 Å². The van der Waals surface area contributed by atoms with Crippen molar-refractivity contribution in [1.29, 1.82) is 0 Å². The van der Waals surface area contributed by atoms with E-state index in [4.69, 9.17) is 10.5 Å². The van der Waals surface area contributed by atoms with E-state index in [1.807, 2.05) is 0 Å². The van der Waals surface area contributed by atoms with Crippen LogP contribution in [0.1, 0.15) is 11.6 Å². The van der Waals surface area contributed by atoms with Gasteiger partial charge < -0.3 is 10.5 Å². The van der Waals surface area contributed by atoms with Crippen molar-refractivity contribution in [1.82, 2.24) is 0 Å². The van der Waals surface area contributed by atoms with Gasteiger partial charge in [0.2, 0.25) is 6.29 Å². The van der Waals surface area contributed by atoms with Gasteiger partial charge in [0.1, 0.15) is 5.75 Å². The lowest BCUT2D eigenvalue weighted by atomic mass is 10.1. The molecule has 0 bridgehead atoms. The highest BCUT2D eigenvalue weighted by Gasteiger charge is 2.09. The Bertz CT molecular complexity index is 314. The molecule has 1 aromatic rings. The van der Waals surface area contributed by atoms with Crippen LogP contribution in [0.2, 0.25) is 0 Å². The molecule has 1 atom stereocenters. The summed E-state index contributed by atoms with van der Waals surface area (Å²) in [6, 6.07) is 4.53. The van der Waals surface area contributed by atoms with E-state index in [-0.39, 0.29) is 0 Å². The molecule has 0 saturated carbocycles. The second-order valence-electron chi connectivity index (χ2n) is 2.48. The summed E-state index contributed by atoms with van der Waals surface area (Å²) in [7, 11) is 1.58. The highest BCUT2D eigenvalue weighted by atomic mass is 79.9. The van der Waals surface area contributed by atoms with Crippen LogP contribution in [-0.4, -0.2) is 13.4 Å². The van der Waals surface area contributed by atoms with Gasteiger partial charge in [0.05, 0.1) is 13.2 Å². The van der Waals surface area contributed by atoms with Crippen molar-refractivity contribution in [3.8, 4) is 5.75 Å². The third-order valence-electron chi connectivity index (χ3n) is 1.67. The zero-order valence-electron chi connectivity index (χ0n) is 7.08. The van der Waals surface area contributed by atoms with Crippen molar-refractivity contribution in [2.24, 2.45) is 5.73 Å². The Morgan fingerprint density at radius 3 is 2.77 bits per heavy atom. The minimum Gasteiger partial charge on any atom is -0.497 e. The first-order valence-electron chi connectivity index (χ1n) is 3.65. The summed E-state index contributed by atoms with van der Waals surface area (Å²) in [5, 5.41) is 0. The Morgan fingerprint density at radius 2 is 2.31 bits per heavy atom. The van der Waals surface area contributed by atoms with E-state index < -0.39 is 6.04 Å². The van der Waals surface area contributed by atoms with Gasteiger partial charge in [-0.05, 0) is 17.7 Å². The molecule has 0 aromatic heterocycles. The van der Waals surface area contributed by atoms with Gasteiger partial charge in [0.15, 0.2) is 0 Å². The lowest BCUT2D eigenvalue weighted by molar-refractivity contribution is 0.414. The fourth-order valence-corrected chi connectivity index (χ4v) is 1.55. The van der Waals surface area contributed by atoms with Gasteiger partial charge in [-0.25, -0.2) is 0 Å². The Labute approximate surface area is 85.0 Å². The summed E-state index contributed by atoms with van der Waals surface area (Å²) in [5.74, 6) is 0.716. The molecule has 69 valence electrons. The fraction of sp³-hybridized carbons (Fsp3) is 0.222. The molecule has 13 heavy (non-hydrogen) atoms. The number of rotatable bonds is 3. The molecule has 0 heterocycles. The van der Waals surface area contributed by atoms with Crippen molar-refractivity contribution >= 4 is 22.2 Å². The minimum absolute atomic E-state index is 0.704. The zero-order valence-corrected chi connectivity index (χ0v) is 8.67. The molecule has 1 unspecified atom stereocenters. The smallest absolute Gasteiger partial charge is 0.221 e. The minimum atomic E-state index is -0.708. The maximum atomic E-state index is 10.3. The van der Waals surface area contributed by atoms with Crippen LogP contribution >= 0.6 is 15.9 Å². The highest BCUT2D eigenvalue weighted by molar-refractivity contribution is 9.10. The van der Waals surface area contributed by atoms with Gasteiger partial charge in [0.25, 0.3) is 0 Å². The number of methoxy groups -OCH3 is 1. The van der Waals surface area contributed by atoms with E-state index in [0.717, 1.165) is 4.47 Å². The summed E-state index contributed by atoms with van der Waals surface area (Å²) in [5.41, 5.74) is 6.20. The van der Waals surface area contributed by atoms with Crippen molar-refractivity contribution in [3.05, 3.63) is 28.2 Å². The van der Waals surface area contributed by atoms with Gasteiger partial charge in [-0.3, -0.25) is 4.79 Å². The zero-order chi connectivity index (χ0) is 9.84. The van der Waals surface area contributed by atoms with Gasteiger partial charge in [-0.15, -0.1) is 0 Å². The molecule has 1 radical (unpaired) electrons. The summed E-state index contributed by atoms with van der Waals surface area (Å²) >= 11 is 3.29. The van der Waals surface area contributed by atoms with Crippen molar-refractivity contribution < 1.29 is 9.53 Å². The van der Waals surface area contributed by atoms with E-state index in [1.165, 1.54) is 0 Å². The van der Waals surface area contributed by atoms with Crippen molar-refractivity contribution in [3.63, 3.8) is 0 Å². The number of hydrogen-bond acceptors (Lipinski definition) is 3. The van der Waals surface area contributed by atoms with Crippen LogP contribution in [0.4, 0.5) is 0 Å². The number of ether oxygens (including phenoxy) is 1. The van der Waals surface area contributed by atoms with Gasteiger partial charge in [-0.2, -0.15) is 0 Å². The van der Waals surface area contributed by atoms with E-state index >= 15 is 0 Å². The molecule has 3 nitrogen and oxygen atoms in total. The van der Waals surface area contributed by atoms with Gasteiger partial charge >= 0.3 is 0 Å². The predicted octanol–water partition coefficient (Wildman–Crippen LogP) is 1.57. The second-order valence-corrected chi connectivity index (χ2v) is 3.34. The van der Waals surface area contributed by atoms with Crippen LogP contribution in [0.25, 0.3) is 0 Å². The third kappa shape index (κ3) is 2.29. The Hall–Kier alpha value is -0.870. The molecule has 0 aliphatic heterocycles. The molecule has 4 heteroatoms. The molecule has 0 saturated heterocycles. The van der Waals surface area contributed by atoms with Crippen LogP contribution in [0, 0.1) is 0 Å². The molecule has 0 aliphatic rings. The highest BCUT2D eigenvalue weighted by Crippen LogP contribution is 2.25. The monoisotopic (exact) mass is 242 g/mol. The molecule has 2 N–H and O–H groups in total. The Morgan fingerprint density at radius 1 is 1.62 bits per heavy atom. The first-order valence-corrected chi connectivity index (χ1v) is 4.45. The van der Waals surface area contributed by atoms with Crippen molar-refractivity contribution in [2.75, 3.05) is 7.11 Å². The van der Waals surface area contributed by atoms with Gasteiger partial charge in [0, 0.05) is 4.47 Å². The number of nitrogens with two attached hydrogens (primary N) is 1. The van der Waals surface area contributed by atoms with Crippen LogP contribution in [0.15, 0.2) is 22.7 Å². The topological polar surface area (TPSA) is 52.3 Å². The molecule has 1 aromatic carbocycles. The first kappa shape index (κ1) is 10.2. The van der Waals surface area contributed by atoms with Crippen LogP contribution in [0.3, 0.4) is 0 Å². The largest absolute Gasteiger partial charge is 0.497 e. The fourth-order valence-electron chi connectivity index (χ4n) is 0.951. The maximum absolute atomic E-state index is 10.3. The average molecular weight is 243 g/mol. The van der Waals surface area contributed by atoms with Gasteiger partial charge in [-0.1, -0.05) is 22.0 Å². The summed E-state index contributed by atoms with van der Waals surface area (Å²) in [6.45, 7) is 0. The third-order valence-corrected chi connectivity index (χ3v) is 2.36. The number of benzene rings is 1. The number of hydrogen-bond donors (Lipinski definition) is 1. The standard InChI is InChI=1S/C9H9BrNO2/c1-13-6-2-3-7(8(10)4-6)9(11)5-12/h2-4,9H,11H2,1H3. The number of halogens is 1. The lowest BCUT2D eigenvalue weighted by Gasteiger charge is -2.07. The first-order chi connectivity index (χ1) is 6.19. The van der Waals surface area contributed by atoms with E-state index in [1.54, 1.807) is 31.6 Å². The normalized spacial score (nSPS) is 12.2. The molecule has 0 spiro atoms. The molecule has 1 rings (SSSR count). The van der Waals surface area contributed by atoms with Crippen LogP contribution in [0.5, 0.6) is 5.75 Å². The molecular formula is C9H9BrNO2. The molecule has 0 amide bonds. The second kappa shape index (κ2) is 4.39. The Balaban J connectivity index is 3.04. The lowest BCUT2D eigenvalue weighted by Crippen LogP contribution is -2.11. The van der Waals surface area contributed by atoms with Crippen LogP contribution in [-0.2, 0) is 4.79 Å². The number of carbonyl (C=O) groups excluding carboxylic acids is 1. The van der Waals surface area contributed by atoms with Crippen LogP contribution < -0.4 is 10.5 Å². The molecule has 0 aliphatic carbocycles. The maximum Gasteiger partial charge on any atom is 0.221 e. The average Bonchev–Trinajstić information content (AvgIpc) is 2.16. The summed E-state index contributed by atoms with van der Waals surface area (Å²) < 4.78 is 5.75. The van der Waals surface area contributed by atoms with E-state index in [2.05, 4.69) is 15.9 Å². The SMILES string of the molecule is COc1ccc(C(N)[C]=O)c(Br)c1. The quantitative estimate of drug-likeness (QED) is 0.876.